The van der Waals surface area contributed by atoms with Crippen LogP contribution >= 0.6 is 11.3 Å². The van der Waals surface area contributed by atoms with Crippen molar-refractivity contribution in [2.45, 2.75) is 45.6 Å². The third-order valence-electron chi connectivity index (χ3n) is 4.51. The molecule has 0 aromatic carbocycles. The first-order valence-corrected chi connectivity index (χ1v) is 8.15. The number of amides is 2. The highest BCUT2D eigenvalue weighted by Crippen LogP contribution is 2.34. The number of nitrogens with zero attached hydrogens (tertiary/aromatic N) is 2. The maximum absolute atomic E-state index is 12.3. The van der Waals surface area contributed by atoms with Crippen molar-refractivity contribution in [3.05, 3.63) is 16.1 Å². The summed E-state index contributed by atoms with van der Waals surface area (Å²) in [5.41, 5.74) is 2.52. The molecule has 1 aromatic rings. The van der Waals surface area contributed by atoms with E-state index in [4.69, 9.17) is 0 Å². The quantitative estimate of drug-likeness (QED) is 0.843. The monoisotopic (exact) mass is 309 g/mol. The van der Waals surface area contributed by atoms with Gasteiger partial charge in [0.2, 0.25) is 11.8 Å². The van der Waals surface area contributed by atoms with Gasteiger partial charge in [0, 0.05) is 30.4 Å². The second-order valence-electron chi connectivity index (χ2n) is 6.12. The Labute approximate surface area is 129 Å². The van der Waals surface area contributed by atoms with E-state index in [2.05, 4.69) is 10.3 Å². The summed E-state index contributed by atoms with van der Waals surface area (Å²) < 4.78 is 0. The molecular weight excluding hydrogens is 286 g/mol. The topological polar surface area (TPSA) is 62.3 Å². The van der Waals surface area contributed by atoms with Crippen LogP contribution in [0.25, 0.3) is 0 Å². The Morgan fingerprint density at radius 3 is 2.81 bits per heavy atom. The first-order valence-electron chi connectivity index (χ1n) is 7.27. The molecule has 116 valence electrons. The van der Waals surface area contributed by atoms with E-state index in [1.807, 2.05) is 26.3 Å². The molecule has 2 heterocycles. The first kappa shape index (κ1) is 15.9. The largest absolute Gasteiger partial charge is 0.356 e. The van der Waals surface area contributed by atoms with Crippen LogP contribution in [-0.4, -0.2) is 40.8 Å². The van der Waals surface area contributed by atoms with Crippen molar-refractivity contribution in [3.63, 3.8) is 0 Å². The number of carbonyl (C=O) groups excluding carboxylic acids is 2. The molecule has 2 rings (SSSR count). The predicted octanol–water partition coefficient (Wildman–Crippen LogP) is 1.76. The minimum atomic E-state index is -0.407. The number of thiazole rings is 1. The normalized spacial score (nSPS) is 20.9. The van der Waals surface area contributed by atoms with Crippen molar-refractivity contribution in [3.8, 4) is 0 Å². The molecule has 0 spiro atoms. The Balaban J connectivity index is 1.80. The number of nitrogens with one attached hydrogen (secondary N) is 1. The molecule has 0 radical (unpaired) electrons. The number of aryl methyl sites for hydroxylation is 2. The number of carbonyl (C=O) groups is 2. The number of hydrogen-bond donors (Lipinski definition) is 1. The first-order chi connectivity index (χ1) is 9.84. The van der Waals surface area contributed by atoms with Gasteiger partial charge >= 0.3 is 0 Å². The fourth-order valence-corrected chi connectivity index (χ4v) is 3.50. The van der Waals surface area contributed by atoms with Crippen LogP contribution in [0.2, 0.25) is 0 Å². The molecule has 1 atom stereocenters. The van der Waals surface area contributed by atoms with E-state index in [-0.39, 0.29) is 17.7 Å². The fourth-order valence-electron chi connectivity index (χ4n) is 2.68. The van der Waals surface area contributed by atoms with E-state index in [9.17, 15) is 9.59 Å². The average Bonchev–Trinajstić information content (AvgIpc) is 2.92. The summed E-state index contributed by atoms with van der Waals surface area (Å²) in [6.07, 6.45) is 2.14. The van der Waals surface area contributed by atoms with Crippen molar-refractivity contribution < 1.29 is 9.59 Å². The molecule has 0 unspecified atom stereocenters. The highest BCUT2D eigenvalue weighted by Gasteiger charge is 2.47. The Morgan fingerprint density at radius 1 is 1.57 bits per heavy atom. The van der Waals surface area contributed by atoms with E-state index >= 15 is 0 Å². The molecular formula is C15H23N3O2S. The lowest BCUT2D eigenvalue weighted by Gasteiger charge is -2.32. The molecule has 1 fully saturated rings. The maximum atomic E-state index is 12.3. The smallest absolute Gasteiger partial charge is 0.225 e. The van der Waals surface area contributed by atoms with Crippen LogP contribution in [0.4, 0.5) is 0 Å². The van der Waals surface area contributed by atoms with Crippen LogP contribution in [-0.2, 0) is 16.0 Å². The second kappa shape index (κ2) is 6.13. The van der Waals surface area contributed by atoms with Gasteiger partial charge in [0.15, 0.2) is 0 Å². The Bertz CT molecular complexity index is 539. The summed E-state index contributed by atoms with van der Waals surface area (Å²) in [5, 5.41) is 2.97. The summed E-state index contributed by atoms with van der Waals surface area (Å²) in [5.74, 6) is -0.237. The highest BCUT2D eigenvalue weighted by atomic mass is 32.1. The van der Waals surface area contributed by atoms with Gasteiger partial charge in [-0.2, -0.15) is 0 Å². The van der Waals surface area contributed by atoms with Gasteiger partial charge in [-0.05, 0) is 33.6 Å². The Morgan fingerprint density at radius 2 is 2.29 bits per heavy atom. The van der Waals surface area contributed by atoms with E-state index in [1.165, 1.54) is 4.88 Å². The molecule has 1 aliphatic rings. The zero-order valence-electron chi connectivity index (χ0n) is 13.1. The van der Waals surface area contributed by atoms with E-state index in [0.717, 1.165) is 18.5 Å². The lowest BCUT2D eigenvalue weighted by Crippen LogP contribution is -2.47. The molecule has 5 nitrogen and oxygen atoms in total. The van der Waals surface area contributed by atoms with Crippen LogP contribution in [0.15, 0.2) is 5.51 Å². The van der Waals surface area contributed by atoms with Gasteiger partial charge in [-0.1, -0.05) is 0 Å². The number of aromatic nitrogens is 1. The van der Waals surface area contributed by atoms with Crippen molar-refractivity contribution in [1.82, 2.24) is 15.2 Å². The van der Waals surface area contributed by atoms with Crippen LogP contribution < -0.4 is 5.32 Å². The molecule has 2 amide bonds. The molecule has 1 saturated heterocycles. The summed E-state index contributed by atoms with van der Waals surface area (Å²) in [6.45, 7) is 6.54. The summed E-state index contributed by atoms with van der Waals surface area (Å²) in [4.78, 5) is 31.2. The molecule has 0 saturated carbocycles. The fraction of sp³-hybridized carbons (Fsp3) is 0.667. The van der Waals surface area contributed by atoms with E-state index < -0.39 is 5.54 Å². The van der Waals surface area contributed by atoms with E-state index in [1.54, 1.807) is 23.3 Å². The van der Waals surface area contributed by atoms with Gasteiger partial charge < -0.3 is 10.2 Å². The second-order valence-corrected chi connectivity index (χ2v) is 7.06. The summed E-state index contributed by atoms with van der Waals surface area (Å²) in [7, 11) is 1.77. The molecule has 21 heavy (non-hydrogen) atoms. The molecule has 1 aromatic heterocycles. The summed E-state index contributed by atoms with van der Waals surface area (Å²) in [6, 6.07) is 0. The summed E-state index contributed by atoms with van der Waals surface area (Å²) >= 11 is 1.66. The van der Waals surface area contributed by atoms with Gasteiger partial charge in [0.1, 0.15) is 0 Å². The van der Waals surface area contributed by atoms with Gasteiger partial charge in [0.25, 0.3) is 0 Å². The third kappa shape index (κ3) is 3.26. The van der Waals surface area contributed by atoms with Crippen LogP contribution in [0.1, 0.15) is 37.3 Å². The van der Waals surface area contributed by atoms with Gasteiger partial charge in [0.05, 0.1) is 17.1 Å². The molecule has 0 bridgehead atoms. The van der Waals surface area contributed by atoms with Crippen LogP contribution in [0.5, 0.6) is 0 Å². The zero-order chi connectivity index (χ0) is 15.6. The van der Waals surface area contributed by atoms with Crippen molar-refractivity contribution in [2.75, 3.05) is 13.6 Å². The minimum Gasteiger partial charge on any atom is -0.356 e. The highest BCUT2D eigenvalue weighted by molar-refractivity contribution is 7.09. The lowest BCUT2D eigenvalue weighted by atomic mass is 9.88. The number of rotatable bonds is 5. The standard InChI is InChI=1S/C15H23N3O2S/c1-10-12(21-9-17-10)6-5-7-16-14(20)11-8-13(19)18(4)15(11,2)3/h9,11H,5-8H2,1-4H3,(H,16,20)/t11-/m0/s1. The maximum Gasteiger partial charge on any atom is 0.225 e. The lowest BCUT2D eigenvalue weighted by molar-refractivity contribution is -0.128. The molecule has 1 N–H and O–H groups in total. The van der Waals surface area contributed by atoms with Crippen LogP contribution in [0, 0.1) is 12.8 Å². The predicted molar refractivity (Wildman–Crippen MR) is 83.1 cm³/mol. The van der Waals surface area contributed by atoms with Crippen molar-refractivity contribution in [2.24, 2.45) is 5.92 Å². The van der Waals surface area contributed by atoms with Gasteiger partial charge in [-0.15, -0.1) is 11.3 Å². The van der Waals surface area contributed by atoms with E-state index in [0.29, 0.717) is 13.0 Å². The van der Waals surface area contributed by atoms with Crippen LogP contribution in [0.3, 0.4) is 0 Å². The van der Waals surface area contributed by atoms with Crippen molar-refractivity contribution in [1.29, 1.82) is 0 Å². The average molecular weight is 309 g/mol. The van der Waals surface area contributed by atoms with Crippen molar-refractivity contribution >= 4 is 23.2 Å². The molecule has 0 aliphatic carbocycles. The van der Waals surface area contributed by atoms with Gasteiger partial charge in [-0.25, -0.2) is 4.98 Å². The Kier molecular flexibility index (Phi) is 4.66. The number of hydrogen-bond acceptors (Lipinski definition) is 4. The SMILES string of the molecule is Cc1ncsc1CCCNC(=O)[C@@H]1CC(=O)N(C)C1(C)C. The van der Waals surface area contributed by atoms with Gasteiger partial charge in [-0.3, -0.25) is 9.59 Å². The molecule has 1 aliphatic heterocycles. The Hall–Kier alpha value is -1.43. The third-order valence-corrected chi connectivity index (χ3v) is 5.51. The molecule has 6 heteroatoms. The minimum absolute atomic E-state index is 0.0151. The zero-order valence-corrected chi connectivity index (χ0v) is 13.9. The number of likely N-dealkylation sites (tertiary alicyclic amines) is 1.